The van der Waals surface area contributed by atoms with Crippen LogP contribution in [0.15, 0.2) is 54.8 Å². The van der Waals surface area contributed by atoms with Crippen LogP contribution in [0.25, 0.3) is 5.57 Å². The van der Waals surface area contributed by atoms with Crippen molar-refractivity contribution in [3.8, 4) is 17.6 Å². The van der Waals surface area contributed by atoms with Crippen LogP contribution in [0.2, 0.25) is 0 Å². The van der Waals surface area contributed by atoms with Crippen molar-refractivity contribution in [3.63, 3.8) is 0 Å². The minimum Gasteiger partial charge on any atom is -0.503 e. The van der Waals surface area contributed by atoms with E-state index in [2.05, 4.69) is 11.4 Å². The van der Waals surface area contributed by atoms with E-state index in [0.717, 1.165) is 6.42 Å². The maximum Gasteiger partial charge on any atom is 0.339 e. The molecule has 2 aromatic rings. The van der Waals surface area contributed by atoms with Crippen LogP contribution in [0, 0.1) is 11.3 Å². The van der Waals surface area contributed by atoms with E-state index in [1.165, 1.54) is 13.4 Å². The SMILES string of the molecule is CO/C=C(/C(=O)O)c1ccccc1OC1CCNC(Oc2ccccc2C#N)C1. The van der Waals surface area contributed by atoms with E-state index in [1.807, 2.05) is 6.07 Å². The number of rotatable bonds is 7. The molecule has 7 heteroatoms. The molecule has 2 unspecified atom stereocenters. The van der Waals surface area contributed by atoms with Crippen LogP contribution in [-0.4, -0.2) is 37.1 Å². The fourth-order valence-electron chi connectivity index (χ4n) is 3.18. The second-order valence-corrected chi connectivity index (χ2v) is 6.50. The van der Waals surface area contributed by atoms with Crippen molar-refractivity contribution >= 4 is 11.5 Å². The molecule has 0 saturated carbocycles. The van der Waals surface area contributed by atoms with E-state index in [4.69, 9.17) is 14.2 Å². The zero-order valence-electron chi connectivity index (χ0n) is 16.0. The Labute approximate surface area is 169 Å². The quantitative estimate of drug-likeness (QED) is 0.549. The first kappa shape index (κ1) is 20.2. The number of nitrogens with zero attached hydrogens (tertiary/aromatic N) is 1. The molecule has 2 N–H and O–H groups in total. The maximum atomic E-state index is 11.6. The molecule has 2 atom stereocenters. The van der Waals surface area contributed by atoms with Gasteiger partial charge in [0.25, 0.3) is 0 Å². The molecule has 150 valence electrons. The van der Waals surface area contributed by atoms with Gasteiger partial charge in [-0.1, -0.05) is 30.3 Å². The number of aliphatic carboxylic acids is 1. The number of ether oxygens (including phenoxy) is 3. The van der Waals surface area contributed by atoms with Crippen LogP contribution in [0.1, 0.15) is 24.0 Å². The zero-order chi connectivity index (χ0) is 20.6. The predicted molar refractivity (Wildman–Crippen MR) is 106 cm³/mol. The first-order valence-corrected chi connectivity index (χ1v) is 9.24. The molecule has 29 heavy (non-hydrogen) atoms. The number of nitriles is 1. The highest BCUT2D eigenvalue weighted by atomic mass is 16.5. The summed E-state index contributed by atoms with van der Waals surface area (Å²) >= 11 is 0. The van der Waals surface area contributed by atoms with E-state index >= 15 is 0 Å². The van der Waals surface area contributed by atoms with Gasteiger partial charge in [0.2, 0.25) is 0 Å². The lowest BCUT2D eigenvalue weighted by molar-refractivity contribution is -0.130. The Hall–Kier alpha value is -3.50. The van der Waals surface area contributed by atoms with E-state index < -0.39 is 5.97 Å². The van der Waals surface area contributed by atoms with Gasteiger partial charge in [-0.05, 0) is 24.6 Å². The number of benzene rings is 2. The van der Waals surface area contributed by atoms with Gasteiger partial charge >= 0.3 is 5.97 Å². The molecule has 1 saturated heterocycles. The van der Waals surface area contributed by atoms with Crippen molar-refractivity contribution in [2.75, 3.05) is 13.7 Å². The topological polar surface area (TPSA) is 101 Å². The first-order chi connectivity index (χ1) is 14.1. The molecule has 1 heterocycles. The van der Waals surface area contributed by atoms with Gasteiger partial charge in [-0.25, -0.2) is 4.79 Å². The van der Waals surface area contributed by atoms with Crippen molar-refractivity contribution in [2.24, 2.45) is 0 Å². The number of hydrogen-bond donors (Lipinski definition) is 2. The predicted octanol–water partition coefficient (Wildman–Crippen LogP) is 3.17. The maximum absolute atomic E-state index is 11.6. The standard InChI is InChI=1S/C22H22N2O5/c1-27-14-18(22(25)26)17-7-3-5-9-20(17)28-16-10-11-24-21(12-16)29-19-8-4-2-6-15(19)13-23/h2-9,14,16,21,24H,10-12H2,1H3,(H,25,26)/b18-14+. The number of carbonyl (C=O) groups is 1. The average Bonchev–Trinajstić information content (AvgIpc) is 2.73. The number of hydrogen-bond acceptors (Lipinski definition) is 6. The lowest BCUT2D eigenvalue weighted by atomic mass is 10.0. The minimum atomic E-state index is -1.09. The normalized spacial score (nSPS) is 19.1. The molecule has 1 aliphatic rings. The highest BCUT2D eigenvalue weighted by Gasteiger charge is 2.26. The highest BCUT2D eigenvalue weighted by Crippen LogP contribution is 2.29. The van der Waals surface area contributed by atoms with Crippen molar-refractivity contribution in [1.29, 1.82) is 5.26 Å². The Morgan fingerprint density at radius 2 is 1.90 bits per heavy atom. The molecule has 0 radical (unpaired) electrons. The smallest absolute Gasteiger partial charge is 0.339 e. The Morgan fingerprint density at radius 1 is 1.17 bits per heavy atom. The lowest BCUT2D eigenvalue weighted by Gasteiger charge is -2.31. The molecule has 0 aliphatic carbocycles. The second-order valence-electron chi connectivity index (χ2n) is 6.50. The number of nitrogens with one attached hydrogen (secondary N) is 1. The molecule has 0 aromatic heterocycles. The molecule has 1 aliphatic heterocycles. The van der Waals surface area contributed by atoms with Crippen molar-refractivity contribution in [3.05, 3.63) is 65.9 Å². The van der Waals surface area contributed by atoms with Crippen LogP contribution in [0.5, 0.6) is 11.5 Å². The van der Waals surface area contributed by atoms with Gasteiger partial charge in [-0.15, -0.1) is 0 Å². The van der Waals surface area contributed by atoms with Gasteiger partial charge in [0, 0.05) is 18.5 Å². The molecule has 0 spiro atoms. The lowest BCUT2D eigenvalue weighted by Crippen LogP contribution is -2.45. The Balaban J connectivity index is 1.74. The van der Waals surface area contributed by atoms with Gasteiger partial charge in [0.05, 0.1) is 18.9 Å². The summed E-state index contributed by atoms with van der Waals surface area (Å²) in [6, 6.07) is 16.2. The summed E-state index contributed by atoms with van der Waals surface area (Å²) in [5.41, 5.74) is 0.943. The zero-order valence-corrected chi connectivity index (χ0v) is 16.0. The molecule has 1 fully saturated rings. The second kappa shape index (κ2) is 9.62. The molecule has 0 amide bonds. The van der Waals surface area contributed by atoms with E-state index in [9.17, 15) is 15.2 Å². The number of piperidine rings is 1. The Morgan fingerprint density at radius 3 is 2.62 bits per heavy atom. The van der Waals surface area contributed by atoms with Gasteiger partial charge in [-0.2, -0.15) is 5.26 Å². The van der Waals surface area contributed by atoms with Crippen LogP contribution in [0.4, 0.5) is 0 Å². The molecular weight excluding hydrogens is 372 g/mol. The van der Waals surface area contributed by atoms with E-state index in [1.54, 1.807) is 42.5 Å². The summed E-state index contributed by atoms with van der Waals surface area (Å²) in [5, 5.41) is 22.0. The summed E-state index contributed by atoms with van der Waals surface area (Å²) in [7, 11) is 1.40. The molecule has 3 rings (SSSR count). The highest BCUT2D eigenvalue weighted by molar-refractivity contribution is 6.15. The van der Waals surface area contributed by atoms with Crippen molar-refractivity contribution in [2.45, 2.75) is 25.2 Å². The summed E-state index contributed by atoms with van der Waals surface area (Å²) in [5.74, 6) is -0.103. The van der Waals surface area contributed by atoms with Crippen LogP contribution in [0.3, 0.4) is 0 Å². The Kier molecular flexibility index (Phi) is 6.72. The average molecular weight is 394 g/mol. The molecule has 7 nitrogen and oxygen atoms in total. The molecular formula is C22H22N2O5. The Bertz CT molecular complexity index is 935. The summed E-state index contributed by atoms with van der Waals surface area (Å²) in [6.45, 7) is 0.673. The monoisotopic (exact) mass is 394 g/mol. The summed E-state index contributed by atoms with van der Waals surface area (Å²) in [6.07, 6.45) is 1.99. The number of carboxylic acid groups (broad SMARTS) is 1. The summed E-state index contributed by atoms with van der Waals surface area (Å²) < 4.78 is 17.0. The third-order valence-electron chi connectivity index (χ3n) is 4.53. The fourth-order valence-corrected chi connectivity index (χ4v) is 3.18. The van der Waals surface area contributed by atoms with Gasteiger partial charge in [0.15, 0.2) is 6.23 Å². The van der Waals surface area contributed by atoms with E-state index in [0.29, 0.717) is 35.6 Å². The van der Waals surface area contributed by atoms with Crippen LogP contribution >= 0.6 is 0 Å². The number of carboxylic acids is 1. The molecule has 0 bridgehead atoms. The minimum absolute atomic E-state index is 0.0211. The van der Waals surface area contributed by atoms with Gasteiger partial charge in [-0.3, -0.25) is 5.32 Å². The largest absolute Gasteiger partial charge is 0.503 e. The van der Waals surface area contributed by atoms with Gasteiger partial charge in [0.1, 0.15) is 29.2 Å². The van der Waals surface area contributed by atoms with E-state index in [-0.39, 0.29) is 17.9 Å². The van der Waals surface area contributed by atoms with Crippen LogP contribution < -0.4 is 14.8 Å². The third kappa shape index (κ3) is 5.06. The van der Waals surface area contributed by atoms with Crippen LogP contribution in [-0.2, 0) is 9.53 Å². The summed E-state index contributed by atoms with van der Waals surface area (Å²) in [4.78, 5) is 11.6. The number of methoxy groups -OCH3 is 1. The first-order valence-electron chi connectivity index (χ1n) is 9.24. The van der Waals surface area contributed by atoms with Crippen molar-refractivity contribution in [1.82, 2.24) is 5.32 Å². The van der Waals surface area contributed by atoms with Gasteiger partial charge < -0.3 is 19.3 Å². The number of para-hydroxylation sites is 2. The third-order valence-corrected chi connectivity index (χ3v) is 4.53. The molecule has 2 aromatic carbocycles. The van der Waals surface area contributed by atoms with Crippen molar-refractivity contribution < 1.29 is 24.1 Å². The fraction of sp³-hybridized carbons (Fsp3) is 0.273.